The molecule has 14 atom stereocenters. The minimum Gasteiger partial charge on any atom is -0.508 e. The van der Waals surface area contributed by atoms with Gasteiger partial charge in [0.1, 0.15) is 84.3 Å². The van der Waals surface area contributed by atoms with E-state index in [2.05, 4.69) is 84.4 Å². The van der Waals surface area contributed by atoms with Crippen molar-refractivity contribution in [1.82, 2.24) is 89.3 Å². The number of aliphatic hydroxyl groups excluding tert-OH is 5. The Morgan fingerprint density at radius 2 is 1.01 bits per heavy atom. The fourth-order valence-electron chi connectivity index (χ4n) is 11.3. The fraction of sp³-hybridized carbons (Fsp3) is 0.542. The number of phenolic OH excluding ortho intramolecular Hbond substituents is 1. The number of nitrogens with one attached hydrogen (secondary N) is 15. The number of hydrogen-bond acceptors (Lipinski definition) is 26. The molecule has 1 saturated heterocycles. The lowest BCUT2D eigenvalue weighted by molar-refractivity contribution is -0.147. The Morgan fingerprint density at radius 3 is 1.53 bits per heavy atom. The number of aromatic amines is 1. The molecule has 116 heavy (non-hydrogen) atoms. The van der Waals surface area contributed by atoms with Crippen LogP contribution in [0.1, 0.15) is 104 Å². The SMILES string of the molecule is CCNC(=O)[C@H](CCC(=O)O)NC(=O)[C@H](CC(C)C)NC(=O)[C@H](Cc1ccc(O)cc1)NC(=O)[C@H](CO)NC(=O)[C@H](CO)NC(=O)CN1CC(=O)CC(NC(=O)[C@H](CO)NC(=O)[C@@H](NC(=O)C(Cc2ccccc2)NC(=O)[C@@H](NC(=O)CNC(=O)C(CCC(=O)O)NC(=O)C(C)(C)NC(=O)C(N)Cc2c[nH]cn2)C(C)O)C(C)O)C1=O. The summed E-state index contributed by atoms with van der Waals surface area (Å²) in [7, 11) is 0. The highest BCUT2D eigenvalue weighted by Gasteiger charge is 2.41. The highest BCUT2D eigenvalue weighted by atomic mass is 16.4. The van der Waals surface area contributed by atoms with E-state index in [-0.39, 0.29) is 50.3 Å². The number of aliphatic hydroxyl groups is 5. The lowest BCUT2D eigenvalue weighted by Crippen LogP contribution is -2.63. The van der Waals surface area contributed by atoms with E-state index in [1.54, 1.807) is 39.0 Å². The molecule has 15 amide bonds. The first-order valence-electron chi connectivity index (χ1n) is 36.8. The van der Waals surface area contributed by atoms with Gasteiger partial charge >= 0.3 is 11.9 Å². The zero-order chi connectivity index (χ0) is 86.8. The molecular weight excluding hydrogens is 1530 g/mol. The number of carbonyl (C=O) groups is 18. The molecular formula is C72H104N18O26. The minimum absolute atomic E-state index is 0.0159. The second-order valence-electron chi connectivity index (χ2n) is 28.2. The van der Waals surface area contributed by atoms with E-state index in [0.717, 1.165) is 13.8 Å². The highest BCUT2D eigenvalue weighted by molar-refractivity contribution is 6.03. The number of likely N-dealkylation sites (N-methyl/N-ethyl adjacent to an activating group) is 1. The average molecular weight is 1640 g/mol. The molecule has 1 aliphatic heterocycles. The van der Waals surface area contributed by atoms with Crippen molar-refractivity contribution < 1.29 is 127 Å². The number of piperidine rings is 1. The fourth-order valence-corrected chi connectivity index (χ4v) is 11.3. The predicted molar refractivity (Wildman–Crippen MR) is 401 cm³/mol. The molecule has 44 nitrogen and oxygen atoms in total. The lowest BCUT2D eigenvalue weighted by atomic mass is 10.00. The predicted octanol–water partition coefficient (Wildman–Crippen LogP) is -9.73. The Hall–Kier alpha value is -12.1. The molecule has 0 bridgehead atoms. The Bertz CT molecular complexity index is 3940. The molecule has 2 heterocycles. The summed E-state index contributed by atoms with van der Waals surface area (Å²) in [5, 5.41) is 114. The summed E-state index contributed by atoms with van der Waals surface area (Å²) in [5.74, 6) is -20.5. The summed E-state index contributed by atoms with van der Waals surface area (Å²) >= 11 is 0. The number of aliphatic carboxylic acids is 2. The molecule has 0 spiro atoms. The number of hydrogen-bond donors (Lipinski definition) is 24. The molecule has 0 saturated carbocycles. The summed E-state index contributed by atoms with van der Waals surface area (Å²) in [6.07, 6.45) is -4.23. The smallest absolute Gasteiger partial charge is 0.303 e. The van der Waals surface area contributed by atoms with Crippen molar-refractivity contribution in [3.05, 3.63) is 83.9 Å². The van der Waals surface area contributed by atoms with Crippen LogP contribution in [-0.2, 0) is 106 Å². The number of carboxylic acids is 2. The molecule has 6 unspecified atom stereocenters. The van der Waals surface area contributed by atoms with E-state index in [0.29, 0.717) is 21.7 Å². The number of carboxylic acid groups (broad SMARTS) is 2. The summed E-state index contributed by atoms with van der Waals surface area (Å²) < 4.78 is 0. The molecule has 1 fully saturated rings. The third-order valence-electron chi connectivity index (χ3n) is 17.6. The standard InChI is InChI=1S/C72H104N18O26/c1-8-75-60(105)44(18-20-55(100)101)79-62(107)46(22-35(2)3)80-63(108)47(24-39-14-16-41(96)17-15-39)81-66(111)51(32-92)84-65(110)50(31-91)78-54(99)30-90-29-42(97)26-49(70(90)115)83-67(112)52(33-93)85-69(114)58(37(5)95)88-64(109)48(23-38-12-10-9-11-13-38)82-68(113)57(36(4)94)87-53(98)28-76-61(106)45(19-21-56(102)103)86-71(116)72(6,7)89-59(104)43(73)25-40-27-74-34-77-40/h9-17,27,34-37,43-52,57-58,91-96H,8,18-26,28-33,73H2,1-7H3,(H,74,77)(H,75,105)(H,76,106)(H,78,99)(H,79,107)(H,80,108)(H,81,111)(H,82,113)(H,83,112)(H,84,110)(H,85,114)(H,86,116)(H,87,98)(H,88,109)(H,89,104)(H,100,101)(H,102,103)/t36?,37?,43?,44-,45?,46-,47-,48?,49?,50-,51-,52-,57-,58-/m0/s1. The van der Waals surface area contributed by atoms with E-state index >= 15 is 0 Å². The number of aromatic nitrogens is 2. The Morgan fingerprint density at radius 1 is 0.543 bits per heavy atom. The van der Waals surface area contributed by atoms with Crippen LogP contribution < -0.4 is 80.2 Å². The number of amides is 15. The van der Waals surface area contributed by atoms with E-state index in [1.165, 1.54) is 62.8 Å². The van der Waals surface area contributed by atoms with E-state index < -0.39 is 262 Å². The number of H-pyrrole nitrogens is 1. The number of nitrogens with two attached hydrogens (primary N) is 1. The number of rotatable bonds is 48. The van der Waals surface area contributed by atoms with Crippen molar-refractivity contribution in [1.29, 1.82) is 0 Å². The van der Waals surface area contributed by atoms with Gasteiger partial charge in [-0.15, -0.1) is 0 Å². The number of imidazole rings is 1. The van der Waals surface area contributed by atoms with Crippen LogP contribution in [0.4, 0.5) is 0 Å². The van der Waals surface area contributed by atoms with Gasteiger partial charge in [0.25, 0.3) is 0 Å². The number of likely N-dealkylation sites (tertiary alicyclic amines) is 1. The Kier molecular flexibility index (Phi) is 38.9. The van der Waals surface area contributed by atoms with E-state index in [1.807, 2.05) is 0 Å². The van der Waals surface area contributed by atoms with Gasteiger partial charge in [0.15, 0.2) is 5.78 Å². The molecule has 44 heteroatoms. The van der Waals surface area contributed by atoms with Gasteiger partial charge < -0.3 is 131 Å². The first-order chi connectivity index (χ1) is 54.6. The number of ketones is 1. The number of Topliss-reactive ketones (excluding diaryl/α,β-unsaturated/α-hetero) is 1. The zero-order valence-corrected chi connectivity index (χ0v) is 64.7. The zero-order valence-electron chi connectivity index (χ0n) is 64.7. The maximum Gasteiger partial charge on any atom is 0.303 e. The van der Waals surface area contributed by atoms with Gasteiger partial charge in [-0.25, -0.2) is 4.98 Å². The van der Waals surface area contributed by atoms with E-state index in [9.17, 15) is 127 Å². The Labute approximate surface area is 664 Å². The number of nitrogens with zero attached hydrogens (tertiary/aromatic N) is 2. The van der Waals surface area contributed by atoms with Crippen LogP contribution in [0.3, 0.4) is 0 Å². The van der Waals surface area contributed by atoms with Gasteiger partial charge in [0.05, 0.1) is 63.2 Å². The third-order valence-corrected chi connectivity index (χ3v) is 17.6. The Balaban J connectivity index is 1.42. The summed E-state index contributed by atoms with van der Waals surface area (Å²) in [5.41, 5.74) is 5.41. The van der Waals surface area contributed by atoms with Crippen molar-refractivity contribution in [3.8, 4) is 5.75 Å². The number of phenols is 1. The normalized spacial score (nSPS) is 16.1. The molecule has 1 aliphatic rings. The number of benzene rings is 2. The molecule has 1 aromatic heterocycles. The van der Waals surface area contributed by atoms with Crippen LogP contribution in [0, 0.1) is 5.92 Å². The maximum absolute atomic E-state index is 14.2. The largest absolute Gasteiger partial charge is 0.508 e. The van der Waals surface area contributed by atoms with Crippen LogP contribution >= 0.6 is 0 Å². The van der Waals surface area contributed by atoms with Gasteiger partial charge in [-0.2, -0.15) is 0 Å². The summed E-state index contributed by atoms with van der Waals surface area (Å²) in [6.45, 7) is 3.40. The van der Waals surface area contributed by atoms with Crippen molar-refractivity contribution in [2.75, 3.05) is 46.0 Å². The first kappa shape index (κ1) is 96.2. The van der Waals surface area contributed by atoms with Crippen LogP contribution in [0.2, 0.25) is 0 Å². The molecule has 3 aromatic rings. The lowest BCUT2D eigenvalue weighted by Gasteiger charge is -2.32. The quantitative estimate of drug-likeness (QED) is 0.0250. The van der Waals surface area contributed by atoms with Gasteiger partial charge in [-0.3, -0.25) is 86.3 Å². The topological polar surface area (TPSA) is 695 Å². The van der Waals surface area contributed by atoms with Crippen LogP contribution in [0.25, 0.3) is 0 Å². The van der Waals surface area contributed by atoms with Crippen molar-refractivity contribution in [3.63, 3.8) is 0 Å². The van der Waals surface area contributed by atoms with Crippen molar-refractivity contribution in [2.24, 2.45) is 11.7 Å². The number of aromatic hydroxyl groups is 1. The van der Waals surface area contributed by atoms with Crippen molar-refractivity contribution >= 4 is 106 Å². The third kappa shape index (κ3) is 32.0. The molecule has 638 valence electrons. The maximum atomic E-state index is 14.2. The van der Waals surface area contributed by atoms with Gasteiger partial charge in [-0.1, -0.05) is 56.3 Å². The highest BCUT2D eigenvalue weighted by Crippen LogP contribution is 2.16. The summed E-state index contributed by atoms with van der Waals surface area (Å²) in [4.78, 5) is 248. The van der Waals surface area contributed by atoms with Crippen LogP contribution in [0.15, 0.2) is 67.1 Å². The second-order valence-corrected chi connectivity index (χ2v) is 28.2. The molecule has 2 aromatic carbocycles. The molecule has 0 aliphatic carbocycles. The monoisotopic (exact) mass is 1640 g/mol. The van der Waals surface area contributed by atoms with Gasteiger partial charge in [0.2, 0.25) is 88.6 Å². The first-order valence-corrected chi connectivity index (χ1v) is 36.8. The molecule has 4 rings (SSSR count). The molecule has 0 radical (unpaired) electrons. The average Bonchev–Trinajstić information content (AvgIpc) is 0.910. The number of carbonyl (C=O) groups excluding carboxylic acids is 16. The second kappa shape index (κ2) is 46.9. The summed E-state index contributed by atoms with van der Waals surface area (Å²) in [6, 6.07) is -7.45. The van der Waals surface area contributed by atoms with Crippen molar-refractivity contribution in [2.45, 2.75) is 197 Å². The van der Waals surface area contributed by atoms with Crippen LogP contribution in [0.5, 0.6) is 5.75 Å². The van der Waals surface area contributed by atoms with Gasteiger partial charge in [0, 0.05) is 51.3 Å². The van der Waals surface area contributed by atoms with Crippen LogP contribution in [-0.4, -0.2) is 298 Å². The van der Waals surface area contributed by atoms with E-state index in [4.69, 9.17) is 5.73 Å². The molecule has 25 N–H and O–H groups in total. The van der Waals surface area contributed by atoms with Gasteiger partial charge in [-0.05, 0) is 83.1 Å². The minimum atomic E-state index is -2.03.